The number of hydrogen-bond donors (Lipinski definition) is 3. The predicted octanol–water partition coefficient (Wildman–Crippen LogP) is 4.97. The molecule has 3 rings (SSSR count). The molecule has 1 aromatic heterocycles. The van der Waals surface area contributed by atoms with Crippen molar-refractivity contribution in [3.05, 3.63) is 64.3 Å². The summed E-state index contributed by atoms with van der Waals surface area (Å²) in [6.07, 6.45) is 0.902. The number of aromatic nitrogens is 1. The molecule has 3 nitrogen and oxygen atoms in total. The maximum absolute atomic E-state index is 6.13. The molecule has 0 atom stereocenters. The van der Waals surface area contributed by atoms with Crippen LogP contribution in [0.1, 0.15) is 16.8 Å². The minimum atomic E-state index is 0.580. The second kappa shape index (κ2) is 7.24. The average Bonchev–Trinajstić information content (AvgIpc) is 2.85. The van der Waals surface area contributed by atoms with E-state index in [0.717, 1.165) is 18.7 Å². The number of aromatic amines is 1. The molecule has 0 unspecified atom stereocenters. The summed E-state index contributed by atoms with van der Waals surface area (Å²) < 4.78 is 0. The van der Waals surface area contributed by atoms with Crippen LogP contribution in [0.5, 0.6) is 0 Å². The van der Waals surface area contributed by atoms with Crippen LogP contribution in [0.4, 0.5) is 5.69 Å². The topological polar surface area (TPSA) is 39.9 Å². The maximum Gasteiger partial charge on any atom is 0.170 e. The summed E-state index contributed by atoms with van der Waals surface area (Å²) in [6.45, 7) is 5.00. The van der Waals surface area contributed by atoms with Crippen LogP contribution in [-0.2, 0) is 6.42 Å². The van der Waals surface area contributed by atoms with Gasteiger partial charge in [0.25, 0.3) is 0 Å². The van der Waals surface area contributed by atoms with Crippen LogP contribution in [0.2, 0.25) is 5.02 Å². The molecule has 0 aliphatic heterocycles. The monoisotopic (exact) mass is 357 g/mol. The van der Waals surface area contributed by atoms with Crippen LogP contribution in [0.3, 0.4) is 0 Å². The molecule has 3 aromatic rings. The number of aryl methyl sites for hydroxylation is 2. The minimum Gasteiger partial charge on any atom is -0.362 e. The van der Waals surface area contributed by atoms with E-state index in [1.165, 1.54) is 27.7 Å². The van der Waals surface area contributed by atoms with E-state index in [1.54, 1.807) is 0 Å². The third kappa shape index (κ3) is 3.71. The van der Waals surface area contributed by atoms with Crippen LogP contribution in [0.25, 0.3) is 10.9 Å². The van der Waals surface area contributed by atoms with Gasteiger partial charge in [0.1, 0.15) is 0 Å². The highest BCUT2D eigenvalue weighted by Crippen LogP contribution is 2.23. The van der Waals surface area contributed by atoms with Crippen molar-refractivity contribution in [3.63, 3.8) is 0 Å². The molecule has 0 saturated carbocycles. The van der Waals surface area contributed by atoms with Gasteiger partial charge >= 0.3 is 0 Å². The highest BCUT2D eigenvalue weighted by atomic mass is 35.5. The summed E-state index contributed by atoms with van der Waals surface area (Å²) in [7, 11) is 0. The van der Waals surface area contributed by atoms with Gasteiger partial charge in [0.05, 0.1) is 10.7 Å². The van der Waals surface area contributed by atoms with Crippen molar-refractivity contribution >= 4 is 45.5 Å². The smallest absolute Gasteiger partial charge is 0.170 e. The summed E-state index contributed by atoms with van der Waals surface area (Å²) in [5.41, 5.74) is 5.82. The molecule has 0 spiro atoms. The Hall–Kier alpha value is -2.04. The van der Waals surface area contributed by atoms with Gasteiger partial charge in [-0.15, -0.1) is 0 Å². The first-order chi connectivity index (χ1) is 11.5. The quantitative estimate of drug-likeness (QED) is 0.577. The molecular weight excluding hydrogens is 338 g/mol. The standard InChI is InChI=1S/C19H20ClN3S/c1-12-7-8-17-15(11-12)14(13(2)22-17)9-10-21-19(24)23-18-6-4-3-5-16(18)20/h3-8,11,22H,9-10H2,1-2H3,(H2,21,23,24). The molecule has 0 aliphatic carbocycles. The van der Waals surface area contributed by atoms with Gasteiger partial charge in [-0.1, -0.05) is 35.4 Å². The van der Waals surface area contributed by atoms with Crippen LogP contribution >= 0.6 is 23.8 Å². The summed E-state index contributed by atoms with van der Waals surface area (Å²) >= 11 is 11.5. The van der Waals surface area contributed by atoms with Crippen LogP contribution in [0.15, 0.2) is 42.5 Å². The van der Waals surface area contributed by atoms with Gasteiger partial charge in [-0.3, -0.25) is 0 Å². The number of anilines is 1. The van der Waals surface area contributed by atoms with E-state index in [0.29, 0.717) is 10.1 Å². The Labute approximate surface area is 152 Å². The van der Waals surface area contributed by atoms with Crippen molar-refractivity contribution in [3.8, 4) is 0 Å². The van der Waals surface area contributed by atoms with Gasteiger partial charge in [-0.05, 0) is 62.3 Å². The number of thiocarbonyl (C=S) groups is 1. The summed E-state index contributed by atoms with van der Waals surface area (Å²) in [5.74, 6) is 0. The Bertz CT molecular complexity index is 885. The SMILES string of the molecule is Cc1ccc2[nH]c(C)c(CCNC(=S)Nc3ccccc3Cl)c2c1. The van der Waals surface area contributed by atoms with E-state index in [4.69, 9.17) is 23.8 Å². The number of rotatable bonds is 4. The summed E-state index contributed by atoms with van der Waals surface area (Å²) in [6, 6.07) is 14.1. The normalized spacial score (nSPS) is 10.8. The molecule has 24 heavy (non-hydrogen) atoms. The third-order valence-electron chi connectivity index (χ3n) is 4.06. The zero-order valence-electron chi connectivity index (χ0n) is 13.7. The third-order valence-corrected chi connectivity index (χ3v) is 4.63. The van der Waals surface area contributed by atoms with Crippen molar-refractivity contribution < 1.29 is 0 Å². The zero-order chi connectivity index (χ0) is 17.1. The molecule has 5 heteroatoms. The Morgan fingerprint density at radius 3 is 2.75 bits per heavy atom. The fourth-order valence-electron chi connectivity index (χ4n) is 2.85. The van der Waals surface area contributed by atoms with Crippen molar-refractivity contribution in [2.45, 2.75) is 20.3 Å². The molecule has 3 N–H and O–H groups in total. The van der Waals surface area contributed by atoms with E-state index in [1.807, 2.05) is 24.3 Å². The van der Waals surface area contributed by atoms with Crippen LogP contribution in [0, 0.1) is 13.8 Å². The highest BCUT2D eigenvalue weighted by Gasteiger charge is 2.09. The number of H-pyrrole nitrogens is 1. The minimum absolute atomic E-state index is 0.580. The Morgan fingerprint density at radius 2 is 1.96 bits per heavy atom. The number of hydrogen-bond acceptors (Lipinski definition) is 1. The first-order valence-electron chi connectivity index (χ1n) is 7.92. The largest absolute Gasteiger partial charge is 0.362 e. The molecule has 0 radical (unpaired) electrons. The van der Waals surface area contributed by atoms with Gasteiger partial charge in [-0.2, -0.15) is 0 Å². The van der Waals surface area contributed by atoms with Crippen molar-refractivity contribution in [1.82, 2.24) is 10.3 Å². The molecule has 0 aliphatic rings. The molecule has 2 aromatic carbocycles. The number of para-hydroxylation sites is 1. The Kier molecular flexibility index (Phi) is 5.07. The fraction of sp³-hybridized carbons (Fsp3) is 0.211. The van der Waals surface area contributed by atoms with Gasteiger partial charge in [-0.25, -0.2) is 0 Å². The highest BCUT2D eigenvalue weighted by molar-refractivity contribution is 7.80. The van der Waals surface area contributed by atoms with Crippen LogP contribution < -0.4 is 10.6 Å². The van der Waals surface area contributed by atoms with E-state index in [-0.39, 0.29) is 0 Å². The second-order valence-corrected chi connectivity index (χ2v) is 6.70. The fourth-order valence-corrected chi connectivity index (χ4v) is 3.24. The first-order valence-corrected chi connectivity index (χ1v) is 8.70. The molecule has 124 valence electrons. The maximum atomic E-state index is 6.13. The molecule has 0 saturated heterocycles. The van der Waals surface area contributed by atoms with E-state index >= 15 is 0 Å². The van der Waals surface area contributed by atoms with E-state index in [9.17, 15) is 0 Å². The average molecular weight is 358 g/mol. The van der Waals surface area contributed by atoms with E-state index in [2.05, 4.69) is 47.7 Å². The molecule has 1 heterocycles. The summed E-state index contributed by atoms with van der Waals surface area (Å²) in [4.78, 5) is 3.45. The Balaban J connectivity index is 1.62. The molecule has 0 fully saturated rings. The predicted molar refractivity (Wildman–Crippen MR) is 107 cm³/mol. The summed E-state index contributed by atoms with van der Waals surface area (Å²) in [5, 5.41) is 8.91. The number of benzene rings is 2. The van der Waals surface area contributed by atoms with Gasteiger partial charge in [0, 0.05) is 23.1 Å². The zero-order valence-corrected chi connectivity index (χ0v) is 15.3. The van der Waals surface area contributed by atoms with Gasteiger partial charge in [0.15, 0.2) is 5.11 Å². The molecule has 0 bridgehead atoms. The second-order valence-electron chi connectivity index (χ2n) is 5.89. The molecular formula is C19H20ClN3S. The lowest BCUT2D eigenvalue weighted by molar-refractivity contribution is 0.871. The number of nitrogens with one attached hydrogen (secondary N) is 3. The lowest BCUT2D eigenvalue weighted by atomic mass is 10.1. The van der Waals surface area contributed by atoms with Crippen LogP contribution in [-0.4, -0.2) is 16.6 Å². The first kappa shape index (κ1) is 16.8. The number of fused-ring (bicyclic) bond motifs is 1. The van der Waals surface area contributed by atoms with Crippen molar-refractivity contribution in [2.75, 3.05) is 11.9 Å². The van der Waals surface area contributed by atoms with E-state index < -0.39 is 0 Å². The van der Waals surface area contributed by atoms with Gasteiger partial charge < -0.3 is 15.6 Å². The van der Waals surface area contributed by atoms with Gasteiger partial charge in [0.2, 0.25) is 0 Å². The van der Waals surface area contributed by atoms with Crippen molar-refractivity contribution in [2.24, 2.45) is 0 Å². The van der Waals surface area contributed by atoms with Crippen molar-refractivity contribution in [1.29, 1.82) is 0 Å². The molecule has 0 amide bonds. The lowest BCUT2D eigenvalue weighted by Crippen LogP contribution is -2.30. The Morgan fingerprint density at radius 1 is 1.17 bits per heavy atom. The number of halogens is 1. The lowest BCUT2D eigenvalue weighted by Gasteiger charge is -2.11.